The molecule has 0 aromatic heterocycles. The lowest BCUT2D eigenvalue weighted by Gasteiger charge is -2.43. The van der Waals surface area contributed by atoms with Crippen LogP contribution in [0.2, 0.25) is 0 Å². The predicted octanol–water partition coefficient (Wildman–Crippen LogP) is 5.46. The Hall–Kier alpha value is -2.42. The number of ether oxygens (including phenoxy) is 1. The highest BCUT2D eigenvalue weighted by Gasteiger charge is 2.43. The number of carbonyl (C=O) groups is 3. The Labute approximate surface area is 232 Å². The molecule has 0 bridgehead atoms. The number of para-hydroxylation sites is 1. The minimum atomic E-state index is -1.08. The topological polar surface area (TPSA) is 108 Å². The molecular weight excluding hydrogens is 502 g/mol. The van der Waals surface area contributed by atoms with Gasteiger partial charge in [-0.2, -0.15) is 11.8 Å². The van der Waals surface area contributed by atoms with Gasteiger partial charge in [-0.1, -0.05) is 37.5 Å². The van der Waals surface area contributed by atoms with Crippen LogP contribution in [0.4, 0.5) is 4.79 Å². The first-order valence-corrected chi connectivity index (χ1v) is 15.0. The Bertz CT molecular complexity index is 964. The normalized spacial score (nSPS) is 16.3. The van der Waals surface area contributed by atoms with Gasteiger partial charge in [-0.25, -0.2) is 4.79 Å². The SMILES string of the molecule is CSCCC(NC(=O)OC(C)(C)C)C(=O)N(C(C(=O)NC1CCCCC1)c1cccc(C)c1O)C(C)(C)C. The van der Waals surface area contributed by atoms with E-state index < -0.39 is 35.2 Å². The van der Waals surface area contributed by atoms with Crippen molar-refractivity contribution >= 4 is 29.7 Å². The van der Waals surface area contributed by atoms with Gasteiger partial charge in [0.15, 0.2) is 0 Å². The molecule has 2 rings (SSSR count). The van der Waals surface area contributed by atoms with Crippen LogP contribution in [0.3, 0.4) is 0 Å². The van der Waals surface area contributed by atoms with Crippen LogP contribution in [-0.2, 0) is 14.3 Å². The molecular formula is C29H47N3O5S. The second-order valence-corrected chi connectivity index (χ2v) is 13.1. The third-order valence-corrected chi connectivity index (χ3v) is 7.23. The van der Waals surface area contributed by atoms with E-state index in [4.69, 9.17) is 4.74 Å². The standard InChI is InChI=1S/C29H47N3O5S/c1-19-13-12-16-21(24(19)33)23(25(34)30-20-14-10-9-11-15-20)32(28(2,3)4)26(35)22(17-18-38-8)31-27(36)37-29(5,6)7/h12-13,16,20,22-23,33H,9-11,14-15,17-18H2,1-8H3,(H,30,34)(H,31,36). The highest BCUT2D eigenvalue weighted by Crippen LogP contribution is 2.36. The number of amides is 3. The van der Waals surface area contributed by atoms with Gasteiger partial charge in [0.2, 0.25) is 11.8 Å². The summed E-state index contributed by atoms with van der Waals surface area (Å²) in [4.78, 5) is 42.5. The Morgan fingerprint density at radius 1 is 1.11 bits per heavy atom. The largest absolute Gasteiger partial charge is 0.507 e. The van der Waals surface area contributed by atoms with Crippen LogP contribution >= 0.6 is 11.8 Å². The maximum absolute atomic E-state index is 14.3. The third kappa shape index (κ3) is 9.10. The average molecular weight is 550 g/mol. The van der Waals surface area contributed by atoms with Crippen LogP contribution in [0.25, 0.3) is 0 Å². The number of benzene rings is 1. The molecule has 1 saturated carbocycles. The molecule has 1 aromatic rings. The zero-order valence-electron chi connectivity index (χ0n) is 24.3. The molecule has 9 heteroatoms. The predicted molar refractivity (Wildman–Crippen MR) is 153 cm³/mol. The van der Waals surface area contributed by atoms with Crippen molar-refractivity contribution in [3.63, 3.8) is 0 Å². The Morgan fingerprint density at radius 3 is 2.29 bits per heavy atom. The van der Waals surface area contributed by atoms with Gasteiger partial charge >= 0.3 is 6.09 Å². The molecule has 0 aliphatic heterocycles. The fourth-order valence-electron chi connectivity index (χ4n) is 4.78. The monoisotopic (exact) mass is 549 g/mol. The molecule has 8 nitrogen and oxygen atoms in total. The fraction of sp³-hybridized carbons (Fsp3) is 0.690. The number of phenolic OH excluding ortho intramolecular Hbond substituents is 1. The van der Waals surface area contributed by atoms with Gasteiger partial charge in [-0.05, 0) is 85.3 Å². The van der Waals surface area contributed by atoms with Crippen LogP contribution in [0.15, 0.2) is 18.2 Å². The first-order chi connectivity index (χ1) is 17.7. The average Bonchev–Trinajstić information content (AvgIpc) is 2.80. The lowest BCUT2D eigenvalue weighted by atomic mass is 9.92. The Morgan fingerprint density at radius 2 is 1.74 bits per heavy atom. The number of hydrogen-bond donors (Lipinski definition) is 3. The summed E-state index contributed by atoms with van der Waals surface area (Å²) in [7, 11) is 0. The minimum Gasteiger partial charge on any atom is -0.507 e. The highest BCUT2D eigenvalue weighted by molar-refractivity contribution is 7.98. The molecule has 0 saturated heterocycles. The fourth-order valence-corrected chi connectivity index (χ4v) is 5.25. The maximum Gasteiger partial charge on any atom is 0.408 e. The molecule has 2 unspecified atom stereocenters. The Kier molecular flexibility index (Phi) is 11.4. The van der Waals surface area contributed by atoms with Crippen molar-refractivity contribution in [1.82, 2.24) is 15.5 Å². The number of alkyl carbamates (subject to hydrolysis) is 1. The van der Waals surface area contributed by atoms with Crippen molar-refractivity contribution in [2.75, 3.05) is 12.0 Å². The number of thioether (sulfide) groups is 1. The molecule has 2 atom stereocenters. The van der Waals surface area contributed by atoms with Gasteiger partial charge in [-0.3, -0.25) is 9.59 Å². The van der Waals surface area contributed by atoms with E-state index in [-0.39, 0.29) is 17.7 Å². The molecule has 0 spiro atoms. The summed E-state index contributed by atoms with van der Waals surface area (Å²) >= 11 is 1.56. The van der Waals surface area contributed by atoms with E-state index in [0.29, 0.717) is 23.3 Å². The zero-order valence-corrected chi connectivity index (χ0v) is 25.2. The van der Waals surface area contributed by atoms with Gasteiger partial charge in [0, 0.05) is 17.1 Å². The van der Waals surface area contributed by atoms with Crippen molar-refractivity contribution in [2.24, 2.45) is 0 Å². The van der Waals surface area contributed by atoms with Gasteiger partial charge < -0.3 is 25.4 Å². The zero-order chi connectivity index (χ0) is 28.7. The summed E-state index contributed by atoms with van der Waals surface area (Å²) in [5, 5.41) is 17.0. The molecule has 1 aliphatic rings. The van der Waals surface area contributed by atoms with E-state index >= 15 is 0 Å². The summed E-state index contributed by atoms with van der Waals surface area (Å²) in [5.41, 5.74) is -0.557. The van der Waals surface area contributed by atoms with Crippen LogP contribution in [-0.4, -0.2) is 63.1 Å². The van der Waals surface area contributed by atoms with Crippen molar-refractivity contribution in [3.8, 4) is 5.75 Å². The number of nitrogens with one attached hydrogen (secondary N) is 2. The van der Waals surface area contributed by atoms with Gasteiger partial charge in [0.1, 0.15) is 23.4 Å². The molecule has 38 heavy (non-hydrogen) atoms. The summed E-state index contributed by atoms with van der Waals surface area (Å²) in [6.07, 6.45) is 6.62. The van der Waals surface area contributed by atoms with Crippen molar-refractivity contribution in [2.45, 2.75) is 116 Å². The number of nitrogens with zero attached hydrogens (tertiary/aromatic N) is 1. The number of aryl methyl sites for hydroxylation is 1. The molecule has 0 heterocycles. The summed E-state index contributed by atoms with van der Waals surface area (Å²) in [6.45, 7) is 12.6. The lowest BCUT2D eigenvalue weighted by molar-refractivity contribution is -0.148. The molecule has 1 fully saturated rings. The molecule has 3 N–H and O–H groups in total. The number of rotatable bonds is 9. The second kappa shape index (κ2) is 13.6. The van der Waals surface area contributed by atoms with Crippen LogP contribution < -0.4 is 10.6 Å². The molecule has 214 valence electrons. The summed E-state index contributed by atoms with van der Waals surface area (Å²) in [6, 6.07) is 3.27. The van der Waals surface area contributed by atoms with E-state index in [9.17, 15) is 19.5 Å². The Balaban J connectivity index is 2.55. The molecule has 0 radical (unpaired) electrons. The van der Waals surface area contributed by atoms with E-state index in [1.54, 1.807) is 57.7 Å². The van der Waals surface area contributed by atoms with E-state index in [0.717, 1.165) is 32.1 Å². The first-order valence-electron chi connectivity index (χ1n) is 13.6. The number of hydrogen-bond acceptors (Lipinski definition) is 6. The lowest BCUT2D eigenvalue weighted by Crippen LogP contribution is -2.59. The smallest absolute Gasteiger partial charge is 0.408 e. The van der Waals surface area contributed by atoms with Crippen LogP contribution in [0, 0.1) is 6.92 Å². The van der Waals surface area contributed by atoms with E-state index in [1.165, 1.54) is 4.90 Å². The summed E-state index contributed by atoms with van der Waals surface area (Å²) < 4.78 is 5.44. The number of phenols is 1. The van der Waals surface area contributed by atoms with Gasteiger partial charge in [0.05, 0.1) is 0 Å². The van der Waals surface area contributed by atoms with Crippen LogP contribution in [0.1, 0.15) is 97.2 Å². The second-order valence-electron chi connectivity index (χ2n) is 12.1. The van der Waals surface area contributed by atoms with E-state index in [2.05, 4.69) is 10.6 Å². The maximum atomic E-state index is 14.3. The molecule has 3 amide bonds. The van der Waals surface area contributed by atoms with Crippen LogP contribution in [0.5, 0.6) is 5.75 Å². The first kappa shape index (κ1) is 31.8. The molecule has 1 aromatic carbocycles. The molecule has 1 aliphatic carbocycles. The van der Waals surface area contributed by atoms with Crippen molar-refractivity contribution in [1.29, 1.82) is 0 Å². The van der Waals surface area contributed by atoms with E-state index in [1.807, 2.05) is 27.0 Å². The van der Waals surface area contributed by atoms with Crippen molar-refractivity contribution in [3.05, 3.63) is 29.3 Å². The quantitative estimate of drug-likeness (QED) is 0.377. The number of carbonyl (C=O) groups excluding carboxylic acids is 3. The third-order valence-electron chi connectivity index (χ3n) is 6.58. The van der Waals surface area contributed by atoms with Crippen molar-refractivity contribution < 1.29 is 24.2 Å². The summed E-state index contributed by atoms with van der Waals surface area (Å²) in [5.74, 6) is -0.123. The van der Waals surface area contributed by atoms with Gasteiger partial charge in [-0.15, -0.1) is 0 Å². The highest BCUT2D eigenvalue weighted by atomic mass is 32.2. The van der Waals surface area contributed by atoms with Gasteiger partial charge in [0.25, 0.3) is 0 Å². The minimum absolute atomic E-state index is 0.0147. The number of aromatic hydroxyl groups is 1.